The molecule has 0 aromatic heterocycles. The molecule has 25 heavy (non-hydrogen) atoms. The number of nitrogens with two attached hydrogens (primary N) is 1. The summed E-state index contributed by atoms with van der Waals surface area (Å²) in [7, 11) is 0. The van der Waals surface area contributed by atoms with E-state index in [1.54, 1.807) is 0 Å². The summed E-state index contributed by atoms with van der Waals surface area (Å²) >= 11 is 0. The molecule has 4 rings (SSSR count). The number of carbonyl (C=O) groups excluding carboxylic acids is 1. The number of carbonyl (C=O) groups is 1. The minimum Gasteiger partial charge on any atom is -0.339 e. The van der Waals surface area contributed by atoms with Crippen molar-refractivity contribution in [3.8, 4) is 0 Å². The number of hydrogen-bond donors (Lipinski definition) is 2. The van der Waals surface area contributed by atoms with E-state index in [1.807, 2.05) is 4.90 Å². The largest absolute Gasteiger partial charge is 0.339 e. The van der Waals surface area contributed by atoms with E-state index >= 15 is 0 Å². The van der Waals surface area contributed by atoms with Crippen molar-refractivity contribution >= 4 is 5.91 Å². The van der Waals surface area contributed by atoms with Gasteiger partial charge < -0.3 is 16.0 Å². The van der Waals surface area contributed by atoms with Crippen molar-refractivity contribution in [1.82, 2.24) is 15.1 Å². The van der Waals surface area contributed by atoms with Crippen LogP contribution in [0.15, 0.2) is 24.3 Å². The average Bonchev–Trinajstić information content (AvgIpc) is 2.68. The van der Waals surface area contributed by atoms with E-state index in [-0.39, 0.29) is 5.91 Å². The van der Waals surface area contributed by atoms with E-state index in [0.29, 0.717) is 6.04 Å². The normalized spacial score (nSPS) is 26.9. The summed E-state index contributed by atoms with van der Waals surface area (Å²) < 4.78 is 0. The molecule has 2 heterocycles. The summed E-state index contributed by atoms with van der Waals surface area (Å²) in [5.41, 5.74) is 8.80. The van der Waals surface area contributed by atoms with E-state index in [4.69, 9.17) is 5.73 Å². The standard InChI is InChI=1S/C20H30N4O/c21-20(7-9-22-10-8-20)19(25)24-13-11-23(12-14-24)18-6-5-16-3-1-2-4-17(16)15-18/h1-4,18,22H,5-15,21H2. The summed E-state index contributed by atoms with van der Waals surface area (Å²) in [5, 5.41) is 3.30. The SMILES string of the molecule is NC1(C(=O)N2CCN(C3CCc4ccccc4C3)CC2)CCNCC1. The van der Waals surface area contributed by atoms with Crippen molar-refractivity contribution in [3.05, 3.63) is 35.4 Å². The second-order valence-corrected chi connectivity index (χ2v) is 7.90. The Balaban J connectivity index is 1.34. The van der Waals surface area contributed by atoms with Gasteiger partial charge >= 0.3 is 0 Å². The van der Waals surface area contributed by atoms with Gasteiger partial charge in [-0.2, -0.15) is 0 Å². The topological polar surface area (TPSA) is 61.6 Å². The monoisotopic (exact) mass is 342 g/mol. The molecule has 3 aliphatic rings. The highest BCUT2D eigenvalue weighted by Gasteiger charge is 2.39. The van der Waals surface area contributed by atoms with Crippen molar-refractivity contribution in [1.29, 1.82) is 0 Å². The third kappa shape index (κ3) is 3.46. The first kappa shape index (κ1) is 17.0. The third-order valence-corrected chi connectivity index (χ3v) is 6.36. The van der Waals surface area contributed by atoms with E-state index in [0.717, 1.165) is 58.5 Å². The van der Waals surface area contributed by atoms with E-state index in [1.165, 1.54) is 24.0 Å². The van der Waals surface area contributed by atoms with Crippen LogP contribution in [0.25, 0.3) is 0 Å². The molecule has 2 aliphatic heterocycles. The fourth-order valence-corrected chi connectivity index (χ4v) is 4.68. The smallest absolute Gasteiger partial charge is 0.242 e. The molecule has 0 saturated carbocycles. The van der Waals surface area contributed by atoms with Crippen LogP contribution in [0.2, 0.25) is 0 Å². The molecule has 2 fully saturated rings. The second kappa shape index (κ2) is 7.06. The van der Waals surface area contributed by atoms with Gasteiger partial charge in [-0.05, 0) is 56.3 Å². The zero-order valence-corrected chi connectivity index (χ0v) is 15.0. The van der Waals surface area contributed by atoms with Gasteiger partial charge in [0.2, 0.25) is 5.91 Å². The molecule has 0 spiro atoms. The lowest BCUT2D eigenvalue weighted by atomic mass is 9.86. The number of nitrogens with one attached hydrogen (secondary N) is 1. The first-order chi connectivity index (χ1) is 12.2. The molecule has 0 bridgehead atoms. The van der Waals surface area contributed by atoms with Gasteiger partial charge in [-0.15, -0.1) is 0 Å². The molecule has 1 aliphatic carbocycles. The molecule has 2 saturated heterocycles. The summed E-state index contributed by atoms with van der Waals surface area (Å²) in [5.74, 6) is 0.169. The highest BCUT2D eigenvalue weighted by molar-refractivity contribution is 5.86. The molecule has 1 atom stereocenters. The van der Waals surface area contributed by atoms with Crippen LogP contribution in [-0.2, 0) is 17.6 Å². The van der Waals surface area contributed by atoms with Crippen molar-refractivity contribution < 1.29 is 4.79 Å². The quantitative estimate of drug-likeness (QED) is 0.833. The number of nitrogens with zero attached hydrogens (tertiary/aromatic N) is 2. The van der Waals surface area contributed by atoms with Crippen LogP contribution >= 0.6 is 0 Å². The fraction of sp³-hybridized carbons (Fsp3) is 0.650. The lowest BCUT2D eigenvalue weighted by molar-refractivity contribution is -0.140. The summed E-state index contributed by atoms with van der Waals surface area (Å²) in [6.45, 7) is 5.31. The average molecular weight is 342 g/mol. The van der Waals surface area contributed by atoms with E-state index < -0.39 is 5.54 Å². The molecule has 1 unspecified atom stereocenters. The van der Waals surface area contributed by atoms with Crippen LogP contribution in [0, 0.1) is 0 Å². The Kier molecular flexibility index (Phi) is 4.80. The Morgan fingerprint density at radius 2 is 1.76 bits per heavy atom. The lowest BCUT2D eigenvalue weighted by Gasteiger charge is -2.44. The van der Waals surface area contributed by atoms with Gasteiger partial charge in [0.15, 0.2) is 0 Å². The highest BCUT2D eigenvalue weighted by atomic mass is 16.2. The number of aryl methyl sites for hydroxylation is 1. The van der Waals surface area contributed by atoms with Gasteiger partial charge in [0.1, 0.15) is 0 Å². The van der Waals surface area contributed by atoms with Crippen molar-refractivity contribution in [2.45, 2.75) is 43.7 Å². The van der Waals surface area contributed by atoms with E-state index in [9.17, 15) is 4.79 Å². The Labute approximate surface area is 150 Å². The maximum absolute atomic E-state index is 12.9. The molecule has 5 heteroatoms. The van der Waals surface area contributed by atoms with Gasteiger partial charge in [-0.25, -0.2) is 0 Å². The van der Waals surface area contributed by atoms with Gasteiger partial charge in [0.05, 0.1) is 5.54 Å². The molecular formula is C20H30N4O. The van der Waals surface area contributed by atoms with Gasteiger partial charge in [0.25, 0.3) is 0 Å². The molecular weight excluding hydrogens is 312 g/mol. The zero-order chi connectivity index (χ0) is 17.3. The fourth-order valence-electron chi connectivity index (χ4n) is 4.68. The number of hydrogen-bond acceptors (Lipinski definition) is 4. The lowest BCUT2D eigenvalue weighted by Crippen LogP contribution is -2.63. The van der Waals surface area contributed by atoms with Crippen LogP contribution in [0.5, 0.6) is 0 Å². The van der Waals surface area contributed by atoms with Crippen LogP contribution < -0.4 is 11.1 Å². The summed E-state index contributed by atoms with van der Waals surface area (Å²) in [6.07, 6.45) is 5.07. The Hall–Kier alpha value is -1.43. The van der Waals surface area contributed by atoms with Crippen LogP contribution in [-0.4, -0.2) is 66.6 Å². The number of piperidine rings is 1. The Morgan fingerprint density at radius 1 is 1.08 bits per heavy atom. The predicted octanol–water partition coefficient (Wildman–Crippen LogP) is 0.769. The van der Waals surface area contributed by atoms with Gasteiger partial charge in [-0.1, -0.05) is 24.3 Å². The Morgan fingerprint density at radius 3 is 2.48 bits per heavy atom. The minimum atomic E-state index is -0.642. The molecule has 0 radical (unpaired) electrons. The highest BCUT2D eigenvalue weighted by Crippen LogP contribution is 2.26. The number of fused-ring (bicyclic) bond motifs is 1. The van der Waals surface area contributed by atoms with Crippen LogP contribution in [0.4, 0.5) is 0 Å². The van der Waals surface area contributed by atoms with Crippen LogP contribution in [0.3, 0.4) is 0 Å². The predicted molar refractivity (Wildman–Crippen MR) is 99.4 cm³/mol. The van der Waals surface area contributed by atoms with Crippen molar-refractivity contribution in [2.24, 2.45) is 5.73 Å². The maximum atomic E-state index is 12.9. The molecule has 136 valence electrons. The molecule has 1 aromatic rings. The minimum absolute atomic E-state index is 0.169. The summed E-state index contributed by atoms with van der Waals surface area (Å²) in [6, 6.07) is 9.46. The van der Waals surface area contributed by atoms with Crippen molar-refractivity contribution in [3.63, 3.8) is 0 Å². The zero-order valence-electron chi connectivity index (χ0n) is 15.0. The molecule has 5 nitrogen and oxygen atoms in total. The first-order valence-corrected chi connectivity index (χ1v) is 9.75. The second-order valence-electron chi connectivity index (χ2n) is 7.90. The number of benzene rings is 1. The maximum Gasteiger partial charge on any atom is 0.242 e. The molecule has 1 amide bonds. The number of rotatable bonds is 2. The Bertz CT molecular complexity index is 618. The van der Waals surface area contributed by atoms with Crippen molar-refractivity contribution in [2.75, 3.05) is 39.3 Å². The first-order valence-electron chi connectivity index (χ1n) is 9.75. The number of piperazine rings is 1. The van der Waals surface area contributed by atoms with E-state index in [2.05, 4.69) is 34.5 Å². The molecule has 1 aromatic carbocycles. The van der Waals surface area contributed by atoms with Crippen LogP contribution in [0.1, 0.15) is 30.4 Å². The van der Waals surface area contributed by atoms with Gasteiger partial charge in [-0.3, -0.25) is 9.69 Å². The molecule has 3 N–H and O–H groups in total. The summed E-state index contributed by atoms with van der Waals surface area (Å²) in [4.78, 5) is 17.5. The van der Waals surface area contributed by atoms with Gasteiger partial charge in [0, 0.05) is 32.2 Å². The number of amides is 1. The third-order valence-electron chi connectivity index (χ3n) is 6.36.